The highest BCUT2D eigenvalue weighted by atomic mass is 16.4. The van der Waals surface area contributed by atoms with Crippen LogP contribution in [-0.2, 0) is 0 Å². The molecule has 0 radical (unpaired) electrons. The first kappa shape index (κ1) is 10.2. The lowest BCUT2D eigenvalue weighted by Gasteiger charge is -1.99. The van der Waals surface area contributed by atoms with Crippen LogP contribution >= 0.6 is 0 Å². The molecule has 0 bridgehead atoms. The van der Waals surface area contributed by atoms with Crippen molar-refractivity contribution in [2.24, 2.45) is 0 Å². The van der Waals surface area contributed by atoms with Crippen molar-refractivity contribution in [3.8, 4) is 11.4 Å². The van der Waals surface area contributed by atoms with Crippen LogP contribution < -0.4 is 0 Å². The summed E-state index contributed by atoms with van der Waals surface area (Å²) in [5.74, 6) is -0.922. The summed E-state index contributed by atoms with van der Waals surface area (Å²) in [5, 5.41) is 8.63. The van der Waals surface area contributed by atoms with Crippen molar-refractivity contribution in [1.29, 1.82) is 0 Å². The van der Waals surface area contributed by atoms with Crippen molar-refractivity contribution < 1.29 is 9.90 Å². The van der Waals surface area contributed by atoms with E-state index in [1.54, 1.807) is 12.4 Å². The smallest absolute Gasteiger partial charge is 0.373 e. The van der Waals surface area contributed by atoms with Crippen LogP contribution in [0.3, 0.4) is 0 Å². The van der Waals surface area contributed by atoms with E-state index in [4.69, 9.17) is 5.11 Å². The van der Waals surface area contributed by atoms with Gasteiger partial charge in [-0.3, -0.25) is 0 Å². The molecular weight excluding hydrogens is 208 g/mol. The van der Waals surface area contributed by atoms with Crippen LogP contribution in [-0.4, -0.2) is 31.0 Å². The van der Waals surface area contributed by atoms with E-state index >= 15 is 0 Å². The highest BCUT2D eigenvalue weighted by Gasteiger charge is 2.07. The predicted octanol–water partition coefficient (Wildman–Crippen LogP) is 0.940. The number of aromatic nitrogens is 4. The van der Waals surface area contributed by atoms with Crippen LogP contribution in [0.15, 0.2) is 24.8 Å². The fourth-order valence-corrected chi connectivity index (χ4v) is 1.10. The molecule has 0 aromatic carbocycles. The fraction of sp³-hybridized carbons (Fsp3) is 0.100. The van der Waals surface area contributed by atoms with E-state index < -0.39 is 5.97 Å². The summed E-state index contributed by atoms with van der Waals surface area (Å²) < 4.78 is 0. The molecule has 0 saturated heterocycles. The molecule has 6 nitrogen and oxygen atoms in total. The Labute approximate surface area is 91.1 Å². The second-order valence-corrected chi connectivity index (χ2v) is 3.18. The predicted molar refractivity (Wildman–Crippen MR) is 54.8 cm³/mol. The maximum Gasteiger partial charge on any atom is 0.373 e. The SMILES string of the molecule is Cc1cnc(-c2cnc(C(=O)O)nc2)nc1. The zero-order valence-electron chi connectivity index (χ0n) is 8.45. The minimum Gasteiger partial charge on any atom is -0.475 e. The standard InChI is InChI=1S/C10H8N4O2/c1-6-2-11-8(12-3-6)7-4-13-9(10(15)16)14-5-7/h2-5H,1H3,(H,15,16). The molecule has 0 saturated carbocycles. The zero-order chi connectivity index (χ0) is 11.5. The molecule has 0 aliphatic heterocycles. The van der Waals surface area contributed by atoms with Gasteiger partial charge in [0.25, 0.3) is 0 Å². The molecule has 6 heteroatoms. The second-order valence-electron chi connectivity index (χ2n) is 3.18. The Balaban J connectivity index is 2.34. The number of nitrogens with zero attached hydrogens (tertiary/aromatic N) is 4. The lowest BCUT2D eigenvalue weighted by atomic mass is 10.3. The summed E-state index contributed by atoms with van der Waals surface area (Å²) in [7, 11) is 0. The van der Waals surface area contributed by atoms with E-state index in [9.17, 15) is 4.79 Å². The van der Waals surface area contributed by atoms with Crippen molar-refractivity contribution in [2.45, 2.75) is 6.92 Å². The van der Waals surface area contributed by atoms with Gasteiger partial charge in [0.05, 0.1) is 5.56 Å². The van der Waals surface area contributed by atoms with Crippen LogP contribution in [0, 0.1) is 6.92 Å². The topological polar surface area (TPSA) is 88.9 Å². The van der Waals surface area contributed by atoms with Crippen molar-refractivity contribution >= 4 is 5.97 Å². The second kappa shape index (κ2) is 4.01. The molecule has 0 atom stereocenters. The molecule has 0 unspecified atom stereocenters. The average Bonchev–Trinajstić information content (AvgIpc) is 2.30. The molecule has 2 heterocycles. The number of rotatable bonds is 2. The van der Waals surface area contributed by atoms with Crippen LogP contribution in [0.4, 0.5) is 0 Å². The Kier molecular flexibility index (Phi) is 2.55. The number of carboxylic acids is 1. The Hall–Kier alpha value is -2.37. The van der Waals surface area contributed by atoms with E-state index in [2.05, 4.69) is 19.9 Å². The van der Waals surface area contributed by atoms with Crippen LogP contribution in [0.5, 0.6) is 0 Å². The number of hydrogen-bond donors (Lipinski definition) is 1. The molecule has 2 aromatic heterocycles. The Bertz CT molecular complexity index is 507. The maximum atomic E-state index is 10.5. The van der Waals surface area contributed by atoms with Gasteiger partial charge in [-0.1, -0.05) is 0 Å². The average molecular weight is 216 g/mol. The van der Waals surface area contributed by atoms with Crippen LogP contribution in [0.25, 0.3) is 11.4 Å². The number of aromatic carboxylic acids is 1. The molecular formula is C10H8N4O2. The van der Waals surface area contributed by atoms with Crippen molar-refractivity contribution in [1.82, 2.24) is 19.9 Å². The third-order valence-electron chi connectivity index (χ3n) is 1.88. The number of hydrogen-bond acceptors (Lipinski definition) is 5. The minimum atomic E-state index is -1.16. The summed E-state index contributed by atoms with van der Waals surface area (Å²) in [4.78, 5) is 26.1. The zero-order valence-corrected chi connectivity index (χ0v) is 8.45. The van der Waals surface area contributed by atoms with Crippen LogP contribution in [0.1, 0.15) is 16.2 Å². The Morgan fingerprint density at radius 1 is 1.06 bits per heavy atom. The normalized spacial score (nSPS) is 10.1. The van der Waals surface area contributed by atoms with Gasteiger partial charge < -0.3 is 5.11 Å². The fourth-order valence-electron chi connectivity index (χ4n) is 1.10. The van der Waals surface area contributed by atoms with Crippen molar-refractivity contribution in [3.05, 3.63) is 36.2 Å². The lowest BCUT2D eigenvalue weighted by Crippen LogP contribution is -2.03. The van der Waals surface area contributed by atoms with Gasteiger partial charge in [0.2, 0.25) is 5.82 Å². The third-order valence-corrected chi connectivity index (χ3v) is 1.88. The van der Waals surface area contributed by atoms with E-state index in [0.29, 0.717) is 11.4 Å². The van der Waals surface area contributed by atoms with Gasteiger partial charge in [0.15, 0.2) is 5.82 Å². The van der Waals surface area contributed by atoms with E-state index in [1.165, 1.54) is 12.4 Å². The van der Waals surface area contributed by atoms with Gasteiger partial charge in [0, 0.05) is 24.8 Å². The van der Waals surface area contributed by atoms with Gasteiger partial charge in [-0.05, 0) is 12.5 Å². The first-order valence-electron chi connectivity index (χ1n) is 4.51. The Morgan fingerprint density at radius 2 is 1.62 bits per heavy atom. The van der Waals surface area contributed by atoms with Crippen molar-refractivity contribution in [2.75, 3.05) is 0 Å². The first-order valence-corrected chi connectivity index (χ1v) is 4.51. The van der Waals surface area contributed by atoms with Crippen molar-refractivity contribution in [3.63, 3.8) is 0 Å². The summed E-state index contributed by atoms with van der Waals surface area (Å²) in [5.41, 5.74) is 1.54. The van der Waals surface area contributed by atoms with E-state index in [-0.39, 0.29) is 5.82 Å². The number of carbonyl (C=O) groups is 1. The third kappa shape index (κ3) is 2.00. The number of aryl methyl sites for hydroxylation is 1. The van der Waals surface area contributed by atoms with Gasteiger partial charge in [-0.2, -0.15) is 0 Å². The maximum absolute atomic E-state index is 10.5. The molecule has 16 heavy (non-hydrogen) atoms. The summed E-state index contributed by atoms with van der Waals surface area (Å²) in [6.45, 7) is 1.88. The molecule has 0 aliphatic rings. The lowest BCUT2D eigenvalue weighted by molar-refractivity contribution is 0.0683. The molecule has 2 rings (SSSR count). The highest BCUT2D eigenvalue weighted by Crippen LogP contribution is 2.11. The molecule has 0 spiro atoms. The number of carboxylic acid groups (broad SMARTS) is 1. The molecule has 80 valence electrons. The molecule has 1 N–H and O–H groups in total. The monoisotopic (exact) mass is 216 g/mol. The van der Waals surface area contributed by atoms with Gasteiger partial charge in [-0.15, -0.1) is 0 Å². The minimum absolute atomic E-state index is 0.240. The summed E-state index contributed by atoms with van der Waals surface area (Å²) in [6, 6.07) is 0. The van der Waals surface area contributed by atoms with Gasteiger partial charge in [-0.25, -0.2) is 24.7 Å². The Morgan fingerprint density at radius 3 is 2.12 bits per heavy atom. The largest absolute Gasteiger partial charge is 0.475 e. The quantitative estimate of drug-likeness (QED) is 0.803. The first-order chi connectivity index (χ1) is 7.66. The van der Waals surface area contributed by atoms with E-state index in [0.717, 1.165) is 5.56 Å². The van der Waals surface area contributed by atoms with Gasteiger partial charge in [0.1, 0.15) is 0 Å². The molecule has 0 fully saturated rings. The highest BCUT2D eigenvalue weighted by molar-refractivity contribution is 5.83. The van der Waals surface area contributed by atoms with Crippen LogP contribution in [0.2, 0.25) is 0 Å². The molecule has 0 aliphatic carbocycles. The molecule has 0 amide bonds. The van der Waals surface area contributed by atoms with Gasteiger partial charge >= 0.3 is 5.97 Å². The summed E-state index contributed by atoms with van der Waals surface area (Å²) >= 11 is 0. The molecule has 2 aromatic rings. The summed E-state index contributed by atoms with van der Waals surface area (Å²) in [6.07, 6.45) is 6.13. The van der Waals surface area contributed by atoms with E-state index in [1.807, 2.05) is 6.92 Å².